The van der Waals surface area contributed by atoms with Crippen LogP contribution in [-0.4, -0.2) is 71.5 Å². The Morgan fingerprint density at radius 3 is 2.62 bits per heavy atom. The number of H-pyrrole nitrogens is 1. The van der Waals surface area contributed by atoms with Crippen molar-refractivity contribution in [1.82, 2.24) is 35.7 Å². The van der Waals surface area contributed by atoms with Gasteiger partial charge in [0.1, 0.15) is 29.4 Å². The van der Waals surface area contributed by atoms with Crippen LogP contribution in [0.15, 0.2) is 54.7 Å². The van der Waals surface area contributed by atoms with E-state index in [0.29, 0.717) is 24.7 Å². The fourth-order valence-corrected chi connectivity index (χ4v) is 8.44. The van der Waals surface area contributed by atoms with E-state index in [2.05, 4.69) is 51.2 Å². The summed E-state index contributed by atoms with van der Waals surface area (Å²) in [5.41, 5.74) is 5.47. The maximum atomic E-state index is 13.9. The Morgan fingerprint density at radius 2 is 1.94 bits per heavy atom. The van der Waals surface area contributed by atoms with Gasteiger partial charge < -0.3 is 25.7 Å². The number of para-hydroxylation sites is 1. The number of benzene rings is 2. The van der Waals surface area contributed by atoms with Crippen LogP contribution in [0, 0.1) is 11.8 Å². The van der Waals surface area contributed by atoms with Crippen LogP contribution in [-0.2, 0) is 22.1 Å². The molecule has 2 aromatic heterocycles. The molecule has 1 aliphatic carbocycles. The lowest BCUT2D eigenvalue weighted by molar-refractivity contribution is -0.131. The Labute approximate surface area is 283 Å². The van der Waals surface area contributed by atoms with Gasteiger partial charge in [0, 0.05) is 36.7 Å². The van der Waals surface area contributed by atoms with Crippen LogP contribution < -0.4 is 20.7 Å². The largest absolute Gasteiger partial charge is 0.493 e. The number of hydrogen-bond donors (Lipinski definition) is 4. The van der Waals surface area contributed by atoms with E-state index in [9.17, 15) is 14.4 Å². The normalized spacial score (nSPS) is 21.1. The molecule has 11 nitrogen and oxygen atoms in total. The van der Waals surface area contributed by atoms with E-state index in [1.165, 1.54) is 0 Å². The highest BCUT2D eigenvalue weighted by Gasteiger charge is 2.50. The highest BCUT2D eigenvalue weighted by atomic mass is 28.2. The molecule has 252 valence electrons. The number of fused-ring (bicyclic) bond motifs is 2. The number of amides is 3. The second-order valence-corrected chi connectivity index (χ2v) is 14.1. The summed E-state index contributed by atoms with van der Waals surface area (Å²) in [5.74, 6) is 0.520. The SMILES string of the molecule is CCNC(=O)[C@H](NC(=O)C(C)c1ccc2nc([C@@H](NC(=O)c3ccnn3C)[C@@]3(/C=[SiH]/C)c4ccccc4OCC3C)[nH]c2c1)C1CCC1. The summed E-state index contributed by atoms with van der Waals surface area (Å²) in [4.78, 5) is 48.8. The van der Waals surface area contributed by atoms with Crippen LogP contribution in [0.4, 0.5) is 0 Å². The summed E-state index contributed by atoms with van der Waals surface area (Å²) >= 11 is 0. The quantitative estimate of drug-likeness (QED) is 0.180. The molecule has 2 aromatic carbocycles. The molecule has 4 aromatic rings. The number of carbonyl (C=O) groups excluding carboxylic acids is 3. The zero-order valence-electron chi connectivity index (χ0n) is 28.2. The number of aromatic amines is 1. The molecule has 1 saturated carbocycles. The molecule has 12 heteroatoms. The second-order valence-electron chi connectivity index (χ2n) is 13.1. The number of nitrogens with one attached hydrogen (secondary N) is 4. The molecule has 6 rings (SSSR count). The summed E-state index contributed by atoms with van der Waals surface area (Å²) in [6.45, 7) is 9.09. The number of rotatable bonds is 11. The molecule has 0 bridgehead atoms. The smallest absolute Gasteiger partial charge is 0.270 e. The van der Waals surface area contributed by atoms with Crippen LogP contribution in [0.2, 0.25) is 6.55 Å². The molecule has 0 saturated heterocycles. The molecule has 4 N–H and O–H groups in total. The Balaban J connectivity index is 1.38. The molecule has 3 heterocycles. The highest BCUT2D eigenvalue weighted by molar-refractivity contribution is 6.47. The molecule has 2 aliphatic rings. The molecule has 2 unspecified atom stereocenters. The molecule has 1 aliphatic heterocycles. The van der Waals surface area contributed by atoms with Crippen molar-refractivity contribution in [3.8, 4) is 5.75 Å². The predicted molar refractivity (Wildman–Crippen MR) is 188 cm³/mol. The molecule has 48 heavy (non-hydrogen) atoms. The van der Waals surface area contributed by atoms with Crippen molar-refractivity contribution in [2.24, 2.45) is 18.9 Å². The Morgan fingerprint density at radius 1 is 1.15 bits per heavy atom. The van der Waals surface area contributed by atoms with Gasteiger partial charge in [0.25, 0.3) is 5.91 Å². The van der Waals surface area contributed by atoms with E-state index in [1.807, 2.05) is 50.2 Å². The number of likely N-dealkylation sites (N-methyl/N-ethyl adjacent to an activating group) is 1. The van der Waals surface area contributed by atoms with Gasteiger partial charge in [0.2, 0.25) is 11.8 Å². The van der Waals surface area contributed by atoms with Gasteiger partial charge >= 0.3 is 0 Å². The van der Waals surface area contributed by atoms with E-state index < -0.39 is 23.4 Å². The third kappa shape index (κ3) is 6.09. The minimum absolute atomic E-state index is 0.0118. The van der Waals surface area contributed by atoms with Crippen molar-refractivity contribution in [1.29, 1.82) is 0 Å². The fourth-order valence-electron chi connectivity index (χ4n) is 7.19. The van der Waals surface area contributed by atoms with Gasteiger partial charge in [-0.05, 0) is 71.6 Å². The summed E-state index contributed by atoms with van der Waals surface area (Å²) in [5, 5.41) is 13.5. The number of imidazole rings is 1. The molecule has 0 spiro atoms. The minimum Gasteiger partial charge on any atom is -0.493 e. The van der Waals surface area contributed by atoms with Crippen molar-refractivity contribution in [3.05, 3.63) is 77.4 Å². The average Bonchev–Trinajstić information content (AvgIpc) is 3.69. The summed E-state index contributed by atoms with van der Waals surface area (Å²) in [7, 11) is 1.67. The summed E-state index contributed by atoms with van der Waals surface area (Å²) in [6.07, 6.45) is 4.56. The first kappa shape index (κ1) is 33.3. The standard InChI is InChI=1S/C36H45N7O4Si/c1-6-37-35(46)30(23-10-9-11-23)41-33(44)22(3)24-14-15-26-27(18-24)40-32(39-26)31(42-34(45)28-16-17-38-43(28)4)36(20-48-5)21(2)19-47-29-13-8-7-12-25(29)36/h7-8,12-18,20-23,30-31,48H,6,9-11,19H2,1-5H3,(H,37,46)(H,39,40)(H,41,44)(H,42,45)/b48-20+/t21?,22?,30-,31-,36-/m1/s1. The monoisotopic (exact) mass is 667 g/mol. The van der Waals surface area contributed by atoms with Crippen LogP contribution in [0.3, 0.4) is 0 Å². The molecule has 0 radical (unpaired) electrons. The summed E-state index contributed by atoms with van der Waals surface area (Å²) in [6, 6.07) is 14.4. The van der Waals surface area contributed by atoms with Gasteiger partial charge in [-0.25, -0.2) is 4.98 Å². The van der Waals surface area contributed by atoms with E-state index in [-0.39, 0.29) is 38.7 Å². The number of carbonyl (C=O) groups is 3. The second kappa shape index (κ2) is 13.9. The van der Waals surface area contributed by atoms with Crippen molar-refractivity contribution in [2.45, 2.75) is 70.0 Å². The lowest BCUT2D eigenvalue weighted by atomic mass is 9.65. The van der Waals surface area contributed by atoms with Crippen molar-refractivity contribution in [3.63, 3.8) is 0 Å². The topological polar surface area (TPSA) is 143 Å². The Kier molecular flexibility index (Phi) is 9.63. The molecular formula is C36H45N7O4Si. The maximum Gasteiger partial charge on any atom is 0.270 e. The van der Waals surface area contributed by atoms with Gasteiger partial charge in [0.05, 0.1) is 23.6 Å². The van der Waals surface area contributed by atoms with Gasteiger partial charge in [-0.1, -0.05) is 49.8 Å². The number of aryl methyl sites for hydroxylation is 1. The number of hydrogen-bond acceptors (Lipinski definition) is 6. The van der Waals surface area contributed by atoms with Gasteiger partial charge in [-0.15, -0.1) is 0 Å². The predicted octanol–water partition coefficient (Wildman–Crippen LogP) is 3.55. The number of ether oxygens (including phenoxy) is 1. The van der Waals surface area contributed by atoms with E-state index in [4.69, 9.17) is 9.72 Å². The third-order valence-electron chi connectivity index (χ3n) is 10.2. The minimum atomic E-state index is -0.618. The lowest BCUT2D eigenvalue weighted by Gasteiger charge is -2.46. The highest BCUT2D eigenvalue weighted by Crippen LogP contribution is 2.48. The zero-order chi connectivity index (χ0) is 34.0. The molecule has 5 atom stereocenters. The van der Waals surface area contributed by atoms with Gasteiger partial charge in [-0.2, -0.15) is 5.10 Å². The maximum absolute atomic E-state index is 13.9. The first-order valence-corrected chi connectivity index (χ1v) is 18.7. The number of nitrogens with zero attached hydrogens (tertiary/aromatic N) is 3. The first-order chi connectivity index (χ1) is 23.2. The molecule has 3 amide bonds. The van der Waals surface area contributed by atoms with Gasteiger partial charge in [0.15, 0.2) is 0 Å². The Hall–Kier alpha value is -4.58. The van der Waals surface area contributed by atoms with E-state index >= 15 is 0 Å². The molecule has 1 fully saturated rings. The van der Waals surface area contributed by atoms with Crippen LogP contribution in [0.25, 0.3) is 11.0 Å². The van der Waals surface area contributed by atoms with E-state index in [1.54, 1.807) is 24.0 Å². The fraction of sp³-hybridized carbons (Fsp3) is 0.444. The van der Waals surface area contributed by atoms with Crippen LogP contribution >= 0.6 is 0 Å². The first-order valence-electron chi connectivity index (χ1n) is 16.9. The van der Waals surface area contributed by atoms with E-state index in [0.717, 1.165) is 47.2 Å². The van der Waals surface area contributed by atoms with Crippen LogP contribution in [0.5, 0.6) is 5.75 Å². The summed E-state index contributed by atoms with van der Waals surface area (Å²) < 4.78 is 7.76. The Bertz CT molecular complexity index is 1850. The van der Waals surface area contributed by atoms with Gasteiger partial charge in [-0.3, -0.25) is 19.1 Å². The van der Waals surface area contributed by atoms with Crippen molar-refractivity contribution >= 4 is 43.6 Å². The third-order valence-corrected chi connectivity index (χ3v) is 11.0. The van der Waals surface area contributed by atoms with Crippen molar-refractivity contribution in [2.75, 3.05) is 13.2 Å². The van der Waals surface area contributed by atoms with Crippen molar-refractivity contribution < 1.29 is 19.1 Å². The number of aromatic nitrogens is 4. The van der Waals surface area contributed by atoms with Crippen LogP contribution in [0.1, 0.15) is 79.4 Å². The average molecular weight is 668 g/mol. The molecular weight excluding hydrogens is 623 g/mol. The zero-order valence-corrected chi connectivity index (χ0v) is 29.4. The lowest BCUT2D eigenvalue weighted by Crippen LogP contribution is -2.53.